The molecule has 0 spiro atoms. The first kappa shape index (κ1) is 12.2. The summed E-state index contributed by atoms with van der Waals surface area (Å²) in [5.41, 5.74) is 1.63. The number of hydrogen-bond donors (Lipinski definition) is 1. The second kappa shape index (κ2) is 5.02. The van der Waals surface area contributed by atoms with Crippen LogP contribution in [0.2, 0.25) is 5.02 Å². The Kier molecular flexibility index (Phi) is 3.39. The lowest BCUT2D eigenvalue weighted by molar-refractivity contribution is 0.446. The van der Waals surface area contributed by atoms with Crippen LogP contribution in [0.5, 0.6) is 0 Å². The molecule has 3 nitrogen and oxygen atoms in total. The molecule has 0 radical (unpaired) electrons. The average molecular weight is 283 g/mol. The molecule has 2 aromatic rings. The predicted molar refractivity (Wildman–Crippen MR) is 77.6 cm³/mol. The zero-order valence-corrected chi connectivity index (χ0v) is 11.6. The van der Waals surface area contributed by atoms with Crippen molar-refractivity contribution in [3.63, 3.8) is 0 Å². The largest absolute Gasteiger partial charge is 0.326 e. The van der Waals surface area contributed by atoms with Crippen molar-refractivity contribution in [2.75, 3.05) is 11.5 Å². The summed E-state index contributed by atoms with van der Waals surface area (Å²) in [5.74, 6) is 2.97. The highest BCUT2D eigenvalue weighted by Crippen LogP contribution is 2.26. The van der Waals surface area contributed by atoms with Gasteiger partial charge in [0.2, 0.25) is 0 Å². The van der Waals surface area contributed by atoms with E-state index < -0.39 is 0 Å². The van der Waals surface area contributed by atoms with Crippen LogP contribution >= 0.6 is 23.4 Å². The van der Waals surface area contributed by atoms with Gasteiger partial charge >= 0.3 is 5.69 Å². The van der Waals surface area contributed by atoms with E-state index in [0.29, 0.717) is 10.9 Å². The Bertz CT molecular complexity index is 613. The summed E-state index contributed by atoms with van der Waals surface area (Å²) >= 11 is 8.19. The number of halogens is 1. The number of nitrogens with one attached hydrogen (secondary N) is 1. The van der Waals surface area contributed by atoms with E-state index in [2.05, 4.69) is 4.98 Å². The Labute approximate surface area is 115 Å². The molecule has 0 saturated carbocycles. The van der Waals surface area contributed by atoms with Crippen molar-refractivity contribution >= 4 is 34.4 Å². The third-order valence-electron chi connectivity index (χ3n) is 3.44. The highest BCUT2D eigenvalue weighted by atomic mass is 35.5. The molecule has 2 heterocycles. The Morgan fingerprint density at radius 2 is 2.39 bits per heavy atom. The lowest BCUT2D eigenvalue weighted by Crippen LogP contribution is -2.24. The monoisotopic (exact) mass is 282 g/mol. The maximum Gasteiger partial charge on any atom is 0.326 e. The summed E-state index contributed by atoms with van der Waals surface area (Å²) in [6.45, 7) is 0.773. The van der Waals surface area contributed by atoms with E-state index in [1.54, 1.807) is 4.57 Å². The fraction of sp³-hybridized carbons (Fsp3) is 0.462. The van der Waals surface area contributed by atoms with Gasteiger partial charge in [-0.15, -0.1) is 0 Å². The number of imidazole rings is 1. The van der Waals surface area contributed by atoms with Crippen molar-refractivity contribution in [3.8, 4) is 0 Å². The number of aromatic amines is 1. The molecule has 18 heavy (non-hydrogen) atoms. The van der Waals surface area contributed by atoms with Gasteiger partial charge in [-0.1, -0.05) is 17.7 Å². The van der Waals surface area contributed by atoms with E-state index >= 15 is 0 Å². The summed E-state index contributed by atoms with van der Waals surface area (Å²) in [6.07, 6.45) is 2.46. The minimum absolute atomic E-state index is 0.0475. The molecule has 0 amide bonds. The van der Waals surface area contributed by atoms with Gasteiger partial charge in [0.1, 0.15) is 0 Å². The van der Waals surface area contributed by atoms with Crippen LogP contribution in [0.3, 0.4) is 0 Å². The topological polar surface area (TPSA) is 37.8 Å². The molecule has 1 aromatic carbocycles. The van der Waals surface area contributed by atoms with Gasteiger partial charge in [-0.3, -0.25) is 4.57 Å². The van der Waals surface area contributed by atoms with Crippen molar-refractivity contribution in [2.24, 2.45) is 5.92 Å². The Hall–Kier alpha value is -0.870. The number of benzene rings is 1. The predicted octanol–water partition coefficient (Wildman–Crippen LogP) is 3.13. The molecule has 1 aliphatic rings. The first-order valence-corrected chi connectivity index (χ1v) is 7.74. The normalized spacial score (nSPS) is 20.4. The van der Waals surface area contributed by atoms with Crippen LogP contribution in [0.4, 0.5) is 0 Å². The summed E-state index contributed by atoms with van der Waals surface area (Å²) < 4.78 is 1.80. The molecule has 1 aliphatic heterocycles. The number of rotatable bonds is 2. The number of fused-ring (bicyclic) bond motifs is 1. The van der Waals surface area contributed by atoms with E-state index in [-0.39, 0.29) is 5.69 Å². The average Bonchev–Trinajstić information content (AvgIpc) is 2.69. The lowest BCUT2D eigenvalue weighted by atomic mass is 10.1. The Morgan fingerprint density at radius 1 is 1.50 bits per heavy atom. The second-order valence-corrected chi connectivity index (χ2v) is 6.32. The van der Waals surface area contributed by atoms with Crippen molar-refractivity contribution in [1.82, 2.24) is 9.55 Å². The van der Waals surface area contributed by atoms with E-state index in [0.717, 1.165) is 23.3 Å². The maximum absolute atomic E-state index is 12.0. The van der Waals surface area contributed by atoms with Gasteiger partial charge in [-0.05, 0) is 42.4 Å². The van der Waals surface area contributed by atoms with E-state index in [1.807, 2.05) is 30.0 Å². The quantitative estimate of drug-likeness (QED) is 0.919. The third kappa shape index (κ3) is 2.19. The van der Waals surface area contributed by atoms with Crippen molar-refractivity contribution in [1.29, 1.82) is 0 Å². The smallest absolute Gasteiger partial charge is 0.305 e. The number of hydrogen-bond acceptors (Lipinski definition) is 2. The first-order chi connectivity index (χ1) is 8.75. The van der Waals surface area contributed by atoms with E-state index in [4.69, 9.17) is 11.6 Å². The molecular formula is C13H15ClN2OS. The van der Waals surface area contributed by atoms with Gasteiger partial charge in [0.05, 0.1) is 16.1 Å². The van der Waals surface area contributed by atoms with Crippen LogP contribution in [-0.4, -0.2) is 21.1 Å². The van der Waals surface area contributed by atoms with E-state index in [9.17, 15) is 4.79 Å². The van der Waals surface area contributed by atoms with Crippen molar-refractivity contribution in [3.05, 3.63) is 33.7 Å². The number of thioether (sulfide) groups is 1. The highest BCUT2D eigenvalue weighted by molar-refractivity contribution is 7.99. The van der Waals surface area contributed by atoms with Gasteiger partial charge in [-0.25, -0.2) is 4.79 Å². The third-order valence-corrected chi connectivity index (χ3v) is 5.03. The Balaban J connectivity index is 2.00. The number of nitrogens with zero attached hydrogens (tertiary/aromatic N) is 1. The molecule has 0 bridgehead atoms. The van der Waals surface area contributed by atoms with Gasteiger partial charge in [0.15, 0.2) is 0 Å². The van der Waals surface area contributed by atoms with E-state index in [1.165, 1.54) is 18.6 Å². The maximum atomic E-state index is 12.0. The molecule has 1 atom stereocenters. The van der Waals surface area contributed by atoms with Gasteiger partial charge in [0, 0.05) is 6.54 Å². The lowest BCUT2D eigenvalue weighted by Gasteiger charge is -2.21. The minimum atomic E-state index is -0.0475. The van der Waals surface area contributed by atoms with Gasteiger partial charge in [0.25, 0.3) is 0 Å². The molecule has 1 saturated heterocycles. The van der Waals surface area contributed by atoms with Crippen LogP contribution in [0.25, 0.3) is 11.0 Å². The molecule has 3 rings (SSSR count). The van der Waals surface area contributed by atoms with Crippen LogP contribution < -0.4 is 5.69 Å². The van der Waals surface area contributed by atoms with Crippen LogP contribution in [0.15, 0.2) is 23.0 Å². The number of para-hydroxylation sites is 1. The van der Waals surface area contributed by atoms with Gasteiger partial charge in [-0.2, -0.15) is 11.8 Å². The van der Waals surface area contributed by atoms with Crippen LogP contribution in [0.1, 0.15) is 12.8 Å². The van der Waals surface area contributed by atoms with Gasteiger partial charge < -0.3 is 4.98 Å². The molecule has 1 N–H and O–H groups in total. The summed E-state index contributed by atoms with van der Waals surface area (Å²) in [6, 6.07) is 5.60. The molecule has 96 valence electrons. The molecule has 1 fully saturated rings. The van der Waals surface area contributed by atoms with Crippen molar-refractivity contribution < 1.29 is 0 Å². The second-order valence-electron chi connectivity index (χ2n) is 4.76. The molecule has 1 aromatic heterocycles. The fourth-order valence-corrected chi connectivity index (χ4v) is 3.98. The fourth-order valence-electron chi connectivity index (χ4n) is 2.56. The molecule has 1 unspecified atom stereocenters. The van der Waals surface area contributed by atoms with Crippen molar-refractivity contribution in [2.45, 2.75) is 19.4 Å². The molecule has 0 aliphatic carbocycles. The van der Waals surface area contributed by atoms with Crippen LogP contribution in [0, 0.1) is 5.92 Å². The summed E-state index contributed by atoms with van der Waals surface area (Å²) in [7, 11) is 0. The number of aromatic nitrogens is 2. The molecule has 5 heteroatoms. The number of H-pyrrole nitrogens is 1. The zero-order valence-electron chi connectivity index (χ0n) is 9.99. The minimum Gasteiger partial charge on any atom is -0.305 e. The Morgan fingerprint density at radius 3 is 3.17 bits per heavy atom. The summed E-state index contributed by atoms with van der Waals surface area (Å²) in [4.78, 5) is 14.9. The molecular weight excluding hydrogens is 268 g/mol. The SMILES string of the molecule is O=c1[nH]c2cccc(Cl)c2n1CC1CCCSC1. The highest BCUT2D eigenvalue weighted by Gasteiger charge is 2.18. The standard InChI is InChI=1S/C13H15ClN2OS/c14-10-4-1-5-11-12(10)16(13(17)15-11)7-9-3-2-6-18-8-9/h1,4-5,9H,2-3,6-8H2,(H,15,17). The van der Waals surface area contributed by atoms with Crippen LogP contribution in [-0.2, 0) is 6.54 Å². The first-order valence-electron chi connectivity index (χ1n) is 6.20. The zero-order chi connectivity index (χ0) is 12.5. The summed E-state index contributed by atoms with van der Waals surface area (Å²) in [5, 5.41) is 0.648.